The first-order chi connectivity index (χ1) is 11.7. The molecule has 0 unspecified atom stereocenters. The number of nitrogens with zero attached hydrogens (tertiary/aromatic N) is 3. The molecule has 0 saturated heterocycles. The first-order valence-corrected chi connectivity index (χ1v) is 9.61. The summed E-state index contributed by atoms with van der Waals surface area (Å²) < 4.78 is 29.5. The van der Waals surface area contributed by atoms with Crippen molar-refractivity contribution in [1.82, 2.24) is 14.7 Å². The number of aryl methyl sites for hydroxylation is 2. The molecule has 1 N–H and O–H groups in total. The molecule has 0 radical (unpaired) electrons. The van der Waals surface area contributed by atoms with Crippen LogP contribution in [0.15, 0.2) is 29.2 Å². The van der Waals surface area contributed by atoms with Crippen molar-refractivity contribution >= 4 is 21.6 Å². The summed E-state index contributed by atoms with van der Waals surface area (Å²) in [6.07, 6.45) is 0. The number of amides is 1. The summed E-state index contributed by atoms with van der Waals surface area (Å²) in [5.41, 5.74) is 1.78. The van der Waals surface area contributed by atoms with E-state index in [2.05, 4.69) is 9.82 Å². The molecule has 2 rings (SSSR count). The third-order valence-corrected chi connectivity index (χ3v) is 5.76. The molecule has 8 heteroatoms. The lowest BCUT2D eigenvalue weighted by Crippen LogP contribution is -2.30. The van der Waals surface area contributed by atoms with Gasteiger partial charge >= 0.3 is 0 Å². The summed E-state index contributed by atoms with van der Waals surface area (Å²) in [5.74, 6) is -0.125. The Morgan fingerprint density at radius 3 is 2.40 bits per heavy atom. The van der Waals surface area contributed by atoms with Gasteiger partial charge in [0.25, 0.3) is 15.9 Å². The number of benzene rings is 1. The van der Waals surface area contributed by atoms with Crippen LogP contribution >= 0.6 is 0 Å². The molecule has 1 heterocycles. The van der Waals surface area contributed by atoms with Crippen molar-refractivity contribution in [3.05, 3.63) is 41.2 Å². The van der Waals surface area contributed by atoms with E-state index in [0.29, 0.717) is 35.7 Å². The van der Waals surface area contributed by atoms with Crippen LogP contribution in [0.1, 0.15) is 35.6 Å². The molecule has 136 valence electrons. The Morgan fingerprint density at radius 2 is 1.88 bits per heavy atom. The van der Waals surface area contributed by atoms with Crippen LogP contribution < -0.4 is 4.72 Å². The fourth-order valence-corrected chi connectivity index (χ4v) is 4.25. The van der Waals surface area contributed by atoms with Gasteiger partial charge in [-0.25, -0.2) is 8.42 Å². The lowest BCUT2D eigenvalue weighted by Gasteiger charge is -2.19. The molecule has 0 atom stereocenters. The van der Waals surface area contributed by atoms with Gasteiger partial charge in [-0.2, -0.15) is 5.10 Å². The van der Waals surface area contributed by atoms with Crippen LogP contribution in [0.25, 0.3) is 0 Å². The van der Waals surface area contributed by atoms with E-state index in [1.807, 2.05) is 13.8 Å². The fraction of sp³-hybridized carbons (Fsp3) is 0.412. The number of hydrogen-bond donors (Lipinski definition) is 1. The summed E-state index contributed by atoms with van der Waals surface area (Å²) in [5, 5.41) is 4.15. The highest BCUT2D eigenvalue weighted by atomic mass is 32.2. The molecule has 0 spiro atoms. The second kappa shape index (κ2) is 7.26. The monoisotopic (exact) mass is 364 g/mol. The summed E-state index contributed by atoms with van der Waals surface area (Å²) in [6.45, 7) is 8.36. The topological polar surface area (TPSA) is 84.3 Å². The van der Waals surface area contributed by atoms with Gasteiger partial charge in [0, 0.05) is 31.4 Å². The van der Waals surface area contributed by atoms with Crippen LogP contribution in [0.5, 0.6) is 0 Å². The minimum Gasteiger partial charge on any atom is -0.339 e. The molecule has 0 aliphatic rings. The van der Waals surface area contributed by atoms with Crippen molar-refractivity contribution in [2.75, 3.05) is 17.8 Å². The van der Waals surface area contributed by atoms with Crippen LogP contribution in [0, 0.1) is 13.8 Å². The standard InChI is InChI=1S/C17H24N4O3S/c1-6-21(7-2)17(22)14-9-8-10-15(11-14)19-25(23,24)16-12(3)18-20(5)13(16)4/h8-11,19H,6-7H2,1-5H3. The number of aromatic nitrogens is 2. The predicted octanol–water partition coefficient (Wildman–Crippen LogP) is 2.32. The number of nitrogens with one attached hydrogen (secondary N) is 1. The van der Waals surface area contributed by atoms with E-state index >= 15 is 0 Å². The molecular weight excluding hydrogens is 340 g/mol. The zero-order valence-corrected chi connectivity index (χ0v) is 16.0. The molecule has 0 fully saturated rings. The molecule has 0 aliphatic carbocycles. The van der Waals surface area contributed by atoms with E-state index in [1.165, 1.54) is 4.68 Å². The average Bonchev–Trinajstić information content (AvgIpc) is 2.81. The summed E-state index contributed by atoms with van der Waals surface area (Å²) in [6, 6.07) is 6.52. The number of carbonyl (C=O) groups is 1. The van der Waals surface area contributed by atoms with Crippen LogP contribution in [0.4, 0.5) is 5.69 Å². The third-order valence-electron chi connectivity index (χ3n) is 4.12. The Bertz CT molecular complexity index is 883. The minimum atomic E-state index is -3.79. The molecule has 0 saturated carbocycles. The molecule has 25 heavy (non-hydrogen) atoms. The Hall–Kier alpha value is -2.35. The highest BCUT2D eigenvalue weighted by Gasteiger charge is 2.24. The first-order valence-electron chi connectivity index (χ1n) is 8.13. The quantitative estimate of drug-likeness (QED) is 0.852. The number of anilines is 1. The van der Waals surface area contributed by atoms with Crippen molar-refractivity contribution in [2.45, 2.75) is 32.6 Å². The Kier molecular flexibility index (Phi) is 5.52. The molecular formula is C17H24N4O3S. The van der Waals surface area contributed by atoms with Gasteiger partial charge in [-0.3, -0.25) is 14.2 Å². The smallest absolute Gasteiger partial charge is 0.265 e. The van der Waals surface area contributed by atoms with Crippen molar-refractivity contribution in [3.63, 3.8) is 0 Å². The fourth-order valence-electron chi connectivity index (χ4n) is 2.76. The van der Waals surface area contributed by atoms with E-state index < -0.39 is 10.0 Å². The maximum atomic E-state index is 12.7. The van der Waals surface area contributed by atoms with Gasteiger partial charge in [0.1, 0.15) is 4.90 Å². The molecule has 1 aromatic carbocycles. The second-order valence-electron chi connectivity index (χ2n) is 5.79. The second-order valence-corrected chi connectivity index (χ2v) is 7.41. The van der Waals surface area contributed by atoms with Crippen LogP contribution in [-0.4, -0.2) is 42.1 Å². The van der Waals surface area contributed by atoms with Gasteiger partial charge in [-0.1, -0.05) is 6.07 Å². The average molecular weight is 364 g/mol. The summed E-state index contributed by atoms with van der Waals surface area (Å²) >= 11 is 0. The summed E-state index contributed by atoms with van der Waals surface area (Å²) in [7, 11) is -2.09. The third kappa shape index (κ3) is 3.84. The number of hydrogen-bond acceptors (Lipinski definition) is 4. The molecule has 1 amide bonds. The van der Waals surface area contributed by atoms with Gasteiger partial charge in [0.2, 0.25) is 0 Å². The van der Waals surface area contributed by atoms with E-state index in [-0.39, 0.29) is 10.8 Å². The number of carbonyl (C=O) groups excluding carboxylic acids is 1. The molecule has 7 nitrogen and oxygen atoms in total. The van der Waals surface area contributed by atoms with E-state index in [1.54, 1.807) is 50.1 Å². The SMILES string of the molecule is CCN(CC)C(=O)c1cccc(NS(=O)(=O)c2c(C)nn(C)c2C)c1. The zero-order valence-electron chi connectivity index (χ0n) is 15.2. The molecule has 2 aromatic rings. The van der Waals surface area contributed by atoms with Gasteiger partial charge in [0.05, 0.1) is 11.4 Å². The van der Waals surface area contributed by atoms with Gasteiger partial charge < -0.3 is 4.90 Å². The van der Waals surface area contributed by atoms with Crippen LogP contribution in [0.2, 0.25) is 0 Å². The van der Waals surface area contributed by atoms with Gasteiger partial charge in [-0.15, -0.1) is 0 Å². The van der Waals surface area contributed by atoms with E-state index in [4.69, 9.17) is 0 Å². The predicted molar refractivity (Wildman–Crippen MR) is 97.2 cm³/mol. The lowest BCUT2D eigenvalue weighted by molar-refractivity contribution is 0.0773. The normalized spacial score (nSPS) is 11.4. The van der Waals surface area contributed by atoms with Gasteiger partial charge in [0.15, 0.2) is 0 Å². The number of rotatable bonds is 6. The van der Waals surface area contributed by atoms with Crippen molar-refractivity contribution in [1.29, 1.82) is 0 Å². The van der Waals surface area contributed by atoms with E-state index in [0.717, 1.165) is 0 Å². The van der Waals surface area contributed by atoms with Gasteiger partial charge in [-0.05, 0) is 45.9 Å². The Balaban J connectivity index is 2.35. The Labute approximate surface area is 148 Å². The van der Waals surface area contributed by atoms with Crippen molar-refractivity contribution < 1.29 is 13.2 Å². The molecule has 1 aromatic heterocycles. The largest absolute Gasteiger partial charge is 0.339 e. The highest BCUT2D eigenvalue weighted by molar-refractivity contribution is 7.92. The first kappa shape index (κ1) is 19.0. The zero-order chi connectivity index (χ0) is 18.8. The van der Waals surface area contributed by atoms with Crippen molar-refractivity contribution in [2.24, 2.45) is 7.05 Å². The highest BCUT2D eigenvalue weighted by Crippen LogP contribution is 2.23. The van der Waals surface area contributed by atoms with Crippen LogP contribution in [0.3, 0.4) is 0 Å². The van der Waals surface area contributed by atoms with Crippen LogP contribution in [-0.2, 0) is 17.1 Å². The number of sulfonamides is 1. The molecule has 0 bridgehead atoms. The molecule has 0 aliphatic heterocycles. The van der Waals surface area contributed by atoms with Crippen molar-refractivity contribution in [3.8, 4) is 0 Å². The minimum absolute atomic E-state index is 0.125. The lowest BCUT2D eigenvalue weighted by atomic mass is 10.2. The maximum absolute atomic E-state index is 12.7. The summed E-state index contributed by atoms with van der Waals surface area (Å²) in [4.78, 5) is 14.3. The van der Waals surface area contributed by atoms with E-state index in [9.17, 15) is 13.2 Å². The Morgan fingerprint density at radius 1 is 1.24 bits per heavy atom. The maximum Gasteiger partial charge on any atom is 0.265 e.